The van der Waals surface area contributed by atoms with Gasteiger partial charge in [0.05, 0.1) is 6.04 Å². The van der Waals surface area contributed by atoms with Crippen molar-refractivity contribution in [1.29, 1.82) is 0 Å². The Hall–Kier alpha value is -2.60. The Balaban J connectivity index is 1.62. The van der Waals surface area contributed by atoms with Gasteiger partial charge in [0.1, 0.15) is 13.2 Å². The highest BCUT2D eigenvalue weighted by atomic mass is 16.6. The Morgan fingerprint density at radius 2 is 2.08 bits per heavy atom. The standard InChI is InChI=1S/C18H19N3O3/c22-18(13-3-4-16-17(10-13)24-9-8-23-16)21-7-6-20-12-15(21)14-2-1-5-19-11-14/h1-5,10-11,15,20H,6-9,12H2. The lowest BCUT2D eigenvalue weighted by atomic mass is 10.0. The van der Waals surface area contributed by atoms with Crippen molar-refractivity contribution >= 4 is 5.91 Å². The third-order valence-corrected chi connectivity index (χ3v) is 4.36. The average Bonchev–Trinajstić information content (AvgIpc) is 2.68. The van der Waals surface area contributed by atoms with Crippen LogP contribution in [0.25, 0.3) is 0 Å². The molecule has 1 amide bonds. The van der Waals surface area contributed by atoms with E-state index < -0.39 is 0 Å². The van der Waals surface area contributed by atoms with Crippen molar-refractivity contribution in [1.82, 2.24) is 15.2 Å². The second-order valence-electron chi connectivity index (χ2n) is 5.86. The fourth-order valence-corrected chi connectivity index (χ4v) is 3.16. The summed E-state index contributed by atoms with van der Waals surface area (Å²) in [5, 5.41) is 3.35. The molecular formula is C18H19N3O3. The van der Waals surface area contributed by atoms with Crippen molar-refractivity contribution in [2.24, 2.45) is 0 Å². The van der Waals surface area contributed by atoms with Crippen LogP contribution in [0.3, 0.4) is 0 Å². The van der Waals surface area contributed by atoms with E-state index in [1.54, 1.807) is 18.3 Å². The van der Waals surface area contributed by atoms with Gasteiger partial charge in [-0.1, -0.05) is 6.07 Å². The number of carbonyl (C=O) groups is 1. The highest BCUT2D eigenvalue weighted by Gasteiger charge is 2.29. The van der Waals surface area contributed by atoms with Gasteiger partial charge in [-0.2, -0.15) is 0 Å². The summed E-state index contributed by atoms with van der Waals surface area (Å²) in [4.78, 5) is 19.1. The molecular weight excluding hydrogens is 306 g/mol. The number of fused-ring (bicyclic) bond motifs is 1. The van der Waals surface area contributed by atoms with Crippen LogP contribution in [0.5, 0.6) is 11.5 Å². The Labute approximate surface area is 140 Å². The van der Waals surface area contributed by atoms with Crippen molar-refractivity contribution in [3.05, 3.63) is 53.9 Å². The predicted octanol–water partition coefficient (Wildman–Crippen LogP) is 1.64. The lowest BCUT2D eigenvalue weighted by Crippen LogP contribution is -2.48. The molecule has 0 spiro atoms. The van der Waals surface area contributed by atoms with E-state index in [0.29, 0.717) is 36.8 Å². The van der Waals surface area contributed by atoms with E-state index in [1.165, 1.54) is 0 Å². The zero-order valence-electron chi connectivity index (χ0n) is 13.3. The van der Waals surface area contributed by atoms with Gasteiger partial charge in [0.15, 0.2) is 11.5 Å². The highest BCUT2D eigenvalue weighted by Crippen LogP contribution is 2.32. The molecule has 1 unspecified atom stereocenters. The minimum Gasteiger partial charge on any atom is -0.486 e. The van der Waals surface area contributed by atoms with E-state index in [9.17, 15) is 4.79 Å². The summed E-state index contributed by atoms with van der Waals surface area (Å²) in [6.07, 6.45) is 3.56. The van der Waals surface area contributed by atoms with E-state index in [-0.39, 0.29) is 11.9 Å². The van der Waals surface area contributed by atoms with Crippen LogP contribution in [-0.4, -0.2) is 48.6 Å². The van der Waals surface area contributed by atoms with Crippen LogP contribution >= 0.6 is 0 Å². The second kappa shape index (κ2) is 6.49. The van der Waals surface area contributed by atoms with E-state index in [2.05, 4.69) is 10.3 Å². The molecule has 3 heterocycles. The molecule has 1 saturated heterocycles. The molecule has 1 atom stereocenters. The van der Waals surface area contributed by atoms with Gasteiger partial charge in [-0.15, -0.1) is 0 Å². The number of carbonyl (C=O) groups excluding carboxylic acids is 1. The van der Waals surface area contributed by atoms with Crippen LogP contribution in [0.15, 0.2) is 42.7 Å². The Kier molecular flexibility index (Phi) is 4.04. The molecule has 0 saturated carbocycles. The highest BCUT2D eigenvalue weighted by molar-refractivity contribution is 5.95. The molecule has 1 aromatic heterocycles. The lowest BCUT2D eigenvalue weighted by Gasteiger charge is -2.36. The number of pyridine rings is 1. The summed E-state index contributed by atoms with van der Waals surface area (Å²) >= 11 is 0. The van der Waals surface area contributed by atoms with Crippen LogP contribution in [0.2, 0.25) is 0 Å². The Morgan fingerprint density at radius 1 is 1.21 bits per heavy atom. The summed E-state index contributed by atoms with van der Waals surface area (Å²) in [5.74, 6) is 1.34. The zero-order valence-corrected chi connectivity index (χ0v) is 13.3. The number of hydrogen-bond acceptors (Lipinski definition) is 5. The zero-order chi connectivity index (χ0) is 16.4. The van der Waals surface area contributed by atoms with E-state index in [4.69, 9.17) is 9.47 Å². The van der Waals surface area contributed by atoms with Gasteiger partial charge in [0.2, 0.25) is 0 Å². The number of aromatic nitrogens is 1. The number of benzene rings is 1. The molecule has 0 radical (unpaired) electrons. The van der Waals surface area contributed by atoms with Crippen molar-refractivity contribution in [2.45, 2.75) is 6.04 Å². The summed E-state index contributed by atoms with van der Waals surface area (Å²) in [6.45, 7) is 3.22. The van der Waals surface area contributed by atoms with Gasteiger partial charge >= 0.3 is 0 Å². The first-order valence-electron chi connectivity index (χ1n) is 8.14. The summed E-state index contributed by atoms with van der Waals surface area (Å²) in [5.41, 5.74) is 1.66. The maximum Gasteiger partial charge on any atom is 0.254 e. The molecule has 4 rings (SSSR count). The number of hydrogen-bond donors (Lipinski definition) is 1. The normalized spacial score (nSPS) is 19.8. The van der Waals surface area contributed by atoms with Crippen molar-refractivity contribution in [3.8, 4) is 11.5 Å². The van der Waals surface area contributed by atoms with Crippen LogP contribution in [0.1, 0.15) is 22.0 Å². The monoisotopic (exact) mass is 325 g/mol. The van der Waals surface area contributed by atoms with Crippen molar-refractivity contribution in [3.63, 3.8) is 0 Å². The maximum absolute atomic E-state index is 13.1. The molecule has 1 aromatic carbocycles. The number of ether oxygens (including phenoxy) is 2. The van der Waals surface area contributed by atoms with Gasteiger partial charge in [0, 0.05) is 37.6 Å². The molecule has 0 bridgehead atoms. The Morgan fingerprint density at radius 3 is 2.92 bits per heavy atom. The third-order valence-electron chi connectivity index (χ3n) is 4.36. The quantitative estimate of drug-likeness (QED) is 0.909. The van der Waals surface area contributed by atoms with Crippen molar-refractivity contribution < 1.29 is 14.3 Å². The summed E-state index contributed by atoms with van der Waals surface area (Å²) < 4.78 is 11.1. The number of nitrogens with zero attached hydrogens (tertiary/aromatic N) is 2. The van der Waals surface area contributed by atoms with Crippen LogP contribution in [0, 0.1) is 0 Å². The van der Waals surface area contributed by atoms with Gasteiger partial charge in [0.25, 0.3) is 5.91 Å². The molecule has 124 valence electrons. The predicted molar refractivity (Wildman–Crippen MR) is 88.3 cm³/mol. The van der Waals surface area contributed by atoms with Gasteiger partial charge in [-0.3, -0.25) is 9.78 Å². The SMILES string of the molecule is O=C(c1ccc2c(c1)OCCO2)N1CCNCC1c1cccnc1. The minimum absolute atomic E-state index is 0.00215. The van der Waals surface area contributed by atoms with E-state index in [1.807, 2.05) is 29.3 Å². The first-order chi connectivity index (χ1) is 11.8. The summed E-state index contributed by atoms with van der Waals surface area (Å²) in [6, 6.07) is 9.28. The fraction of sp³-hybridized carbons (Fsp3) is 0.333. The Bertz CT molecular complexity index is 736. The maximum atomic E-state index is 13.1. The van der Waals surface area contributed by atoms with Crippen LogP contribution < -0.4 is 14.8 Å². The molecule has 0 aliphatic carbocycles. The summed E-state index contributed by atoms with van der Waals surface area (Å²) in [7, 11) is 0. The molecule has 1 fully saturated rings. The smallest absolute Gasteiger partial charge is 0.254 e. The largest absolute Gasteiger partial charge is 0.486 e. The number of amides is 1. The molecule has 1 N–H and O–H groups in total. The van der Waals surface area contributed by atoms with E-state index >= 15 is 0 Å². The van der Waals surface area contributed by atoms with Gasteiger partial charge < -0.3 is 19.7 Å². The molecule has 2 aromatic rings. The fourth-order valence-electron chi connectivity index (χ4n) is 3.16. The first kappa shape index (κ1) is 15.0. The first-order valence-corrected chi connectivity index (χ1v) is 8.14. The molecule has 2 aliphatic rings. The number of piperazine rings is 1. The number of nitrogens with one attached hydrogen (secondary N) is 1. The molecule has 24 heavy (non-hydrogen) atoms. The molecule has 6 nitrogen and oxygen atoms in total. The van der Waals surface area contributed by atoms with Gasteiger partial charge in [-0.25, -0.2) is 0 Å². The topological polar surface area (TPSA) is 63.7 Å². The third kappa shape index (κ3) is 2.80. The van der Waals surface area contributed by atoms with Crippen LogP contribution in [0.4, 0.5) is 0 Å². The van der Waals surface area contributed by atoms with Crippen LogP contribution in [-0.2, 0) is 0 Å². The molecule has 2 aliphatic heterocycles. The van der Waals surface area contributed by atoms with E-state index in [0.717, 1.165) is 18.7 Å². The minimum atomic E-state index is -0.0202. The lowest BCUT2D eigenvalue weighted by molar-refractivity contribution is 0.0633. The van der Waals surface area contributed by atoms with Gasteiger partial charge in [-0.05, 0) is 29.8 Å². The number of rotatable bonds is 2. The average molecular weight is 325 g/mol. The second-order valence-corrected chi connectivity index (χ2v) is 5.86. The van der Waals surface area contributed by atoms with Crippen molar-refractivity contribution in [2.75, 3.05) is 32.8 Å². The molecule has 6 heteroatoms.